The summed E-state index contributed by atoms with van der Waals surface area (Å²) in [5.41, 5.74) is 8.76. The van der Waals surface area contributed by atoms with Crippen LogP contribution in [0.15, 0.2) is 18.2 Å². The zero-order chi connectivity index (χ0) is 14.1. The molecule has 20 heavy (non-hydrogen) atoms. The lowest BCUT2D eigenvalue weighted by Gasteiger charge is -2.20. The molecule has 1 aliphatic rings. The van der Waals surface area contributed by atoms with Gasteiger partial charge in [0.15, 0.2) is 5.82 Å². The third kappa shape index (κ3) is 2.27. The van der Waals surface area contributed by atoms with Crippen LogP contribution < -0.4 is 5.73 Å². The Kier molecular flexibility index (Phi) is 3.40. The van der Waals surface area contributed by atoms with E-state index in [-0.39, 0.29) is 12.1 Å². The fourth-order valence-corrected chi connectivity index (χ4v) is 2.65. The third-order valence-corrected chi connectivity index (χ3v) is 3.83. The molecule has 1 fully saturated rings. The Morgan fingerprint density at radius 3 is 3.05 bits per heavy atom. The summed E-state index contributed by atoms with van der Waals surface area (Å²) in [7, 11) is 0. The molecule has 1 saturated heterocycles. The van der Waals surface area contributed by atoms with Gasteiger partial charge in [0.1, 0.15) is 0 Å². The largest absolute Gasteiger partial charge is 0.398 e. The lowest BCUT2D eigenvalue weighted by Crippen LogP contribution is -2.22. The molecule has 2 N–H and O–H groups in total. The molecule has 0 aliphatic carbocycles. The normalized spacial score (nSPS) is 20.2. The first-order valence-corrected chi connectivity index (χ1v) is 6.93. The van der Waals surface area contributed by atoms with E-state index in [0.29, 0.717) is 11.5 Å². The number of tetrazole rings is 1. The number of nitrogens with zero attached hydrogens (tertiary/aromatic N) is 4. The second-order valence-corrected chi connectivity index (χ2v) is 5.33. The highest BCUT2D eigenvalue weighted by Gasteiger charge is 2.27. The van der Waals surface area contributed by atoms with E-state index in [9.17, 15) is 0 Å². The molecular weight excluding hydrogens is 254 g/mol. The maximum atomic E-state index is 6.06. The number of aryl methyl sites for hydroxylation is 1. The second kappa shape index (κ2) is 5.20. The molecule has 0 radical (unpaired) electrons. The minimum absolute atomic E-state index is 0.0995. The number of anilines is 1. The van der Waals surface area contributed by atoms with E-state index in [1.807, 2.05) is 29.8 Å². The predicted octanol–water partition coefficient (Wildman–Crippen LogP) is 1.97. The monoisotopic (exact) mass is 273 g/mol. The van der Waals surface area contributed by atoms with Crippen LogP contribution in [-0.2, 0) is 4.74 Å². The summed E-state index contributed by atoms with van der Waals surface area (Å²) in [6.45, 7) is 4.93. The average molecular weight is 273 g/mol. The Morgan fingerprint density at radius 2 is 2.30 bits per heavy atom. The maximum Gasteiger partial charge on any atom is 0.184 e. The molecule has 2 aromatic rings. The number of rotatable bonds is 3. The summed E-state index contributed by atoms with van der Waals surface area (Å²) < 4.78 is 7.56. The first-order chi connectivity index (χ1) is 9.66. The molecule has 2 atom stereocenters. The Hall–Kier alpha value is -1.95. The van der Waals surface area contributed by atoms with Gasteiger partial charge in [0, 0.05) is 17.9 Å². The first-order valence-electron chi connectivity index (χ1n) is 6.93. The van der Waals surface area contributed by atoms with E-state index in [2.05, 4.69) is 22.4 Å². The summed E-state index contributed by atoms with van der Waals surface area (Å²) >= 11 is 0. The SMILES string of the molecule is Cc1ccc(N)c(-c2nnnn2C(C)C2CCCO2)c1. The first kappa shape index (κ1) is 13.1. The van der Waals surface area contributed by atoms with Crippen molar-refractivity contribution >= 4 is 5.69 Å². The molecule has 0 spiro atoms. The molecule has 2 unspecified atom stereocenters. The fourth-order valence-electron chi connectivity index (χ4n) is 2.65. The molecule has 6 nitrogen and oxygen atoms in total. The van der Waals surface area contributed by atoms with Crippen LogP contribution in [0.5, 0.6) is 0 Å². The lowest BCUT2D eigenvalue weighted by atomic mass is 10.1. The van der Waals surface area contributed by atoms with E-state index in [1.54, 1.807) is 0 Å². The van der Waals surface area contributed by atoms with Gasteiger partial charge in [-0.1, -0.05) is 11.6 Å². The van der Waals surface area contributed by atoms with Crippen LogP contribution in [0.3, 0.4) is 0 Å². The Morgan fingerprint density at radius 1 is 1.45 bits per heavy atom. The fraction of sp³-hybridized carbons (Fsp3) is 0.500. The average Bonchev–Trinajstić information content (AvgIpc) is 3.11. The van der Waals surface area contributed by atoms with Crippen molar-refractivity contribution in [3.63, 3.8) is 0 Å². The van der Waals surface area contributed by atoms with Gasteiger partial charge in [-0.15, -0.1) is 5.10 Å². The van der Waals surface area contributed by atoms with Crippen LogP contribution in [0.2, 0.25) is 0 Å². The van der Waals surface area contributed by atoms with Gasteiger partial charge >= 0.3 is 0 Å². The standard InChI is InChI=1S/C14H19N5O/c1-9-5-6-12(15)11(8-9)14-16-17-18-19(14)10(2)13-4-3-7-20-13/h5-6,8,10,13H,3-4,7,15H2,1-2H3. The highest BCUT2D eigenvalue weighted by Crippen LogP contribution is 2.30. The topological polar surface area (TPSA) is 78.9 Å². The molecule has 1 aliphatic heterocycles. The molecule has 1 aromatic carbocycles. The smallest absolute Gasteiger partial charge is 0.184 e. The number of nitrogen functional groups attached to an aromatic ring is 1. The highest BCUT2D eigenvalue weighted by atomic mass is 16.5. The summed E-state index contributed by atoms with van der Waals surface area (Å²) in [5.74, 6) is 0.703. The summed E-state index contributed by atoms with van der Waals surface area (Å²) in [6.07, 6.45) is 2.31. The quantitative estimate of drug-likeness (QED) is 0.865. The summed E-state index contributed by atoms with van der Waals surface area (Å²) in [5, 5.41) is 12.1. The van der Waals surface area contributed by atoms with Gasteiger partial charge in [-0.2, -0.15) is 0 Å². The minimum Gasteiger partial charge on any atom is -0.398 e. The van der Waals surface area contributed by atoms with Gasteiger partial charge in [0.05, 0.1) is 12.1 Å². The van der Waals surface area contributed by atoms with Crippen molar-refractivity contribution in [3.05, 3.63) is 23.8 Å². The molecule has 1 aromatic heterocycles. The highest BCUT2D eigenvalue weighted by molar-refractivity contribution is 5.72. The van der Waals surface area contributed by atoms with Crippen molar-refractivity contribution in [2.75, 3.05) is 12.3 Å². The molecule has 6 heteroatoms. The van der Waals surface area contributed by atoms with Crippen molar-refractivity contribution in [2.24, 2.45) is 0 Å². The van der Waals surface area contributed by atoms with E-state index in [0.717, 1.165) is 30.6 Å². The molecular formula is C14H19N5O. The van der Waals surface area contributed by atoms with Crippen LogP contribution in [0, 0.1) is 6.92 Å². The second-order valence-electron chi connectivity index (χ2n) is 5.33. The van der Waals surface area contributed by atoms with Crippen molar-refractivity contribution in [1.82, 2.24) is 20.2 Å². The zero-order valence-electron chi connectivity index (χ0n) is 11.8. The predicted molar refractivity (Wildman–Crippen MR) is 76.1 cm³/mol. The lowest BCUT2D eigenvalue weighted by molar-refractivity contribution is 0.0690. The van der Waals surface area contributed by atoms with E-state index in [1.165, 1.54) is 0 Å². The van der Waals surface area contributed by atoms with E-state index >= 15 is 0 Å². The van der Waals surface area contributed by atoms with Crippen molar-refractivity contribution in [1.29, 1.82) is 0 Å². The molecule has 2 heterocycles. The molecule has 0 saturated carbocycles. The number of hydrogen-bond acceptors (Lipinski definition) is 5. The van der Waals surface area contributed by atoms with E-state index in [4.69, 9.17) is 10.5 Å². The maximum absolute atomic E-state index is 6.06. The van der Waals surface area contributed by atoms with Crippen LogP contribution in [0.1, 0.15) is 31.4 Å². The van der Waals surface area contributed by atoms with Gasteiger partial charge in [-0.3, -0.25) is 0 Å². The van der Waals surface area contributed by atoms with Crippen LogP contribution in [-0.4, -0.2) is 32.9 Å². The number of benzene rings is 1. The van der Waals surface area contributed by atoms with Crippen molar-refractivity contribution in [2.45, 2.75) is 38.8 Å². The van der Waals surface area contributed by atoms with E-state index < -0.39 is 0 Å². The van der Waals surface area contributed by atoms with Crippen LogP contribution in [0.4, 0.5) is 5.69 Å². The number of nitrogens with two attached hydrogens (primary N) is 1. The Bertz CT molecular complexity index is 603. The summed E-state index contributed by atoms with van der Waals surface area (Å²) in [6, 6.07) is 5.99. The van der Waals surface area contributed by atoms with Gasteiger partial charge in [-0.05, 0) is 49.2 Å². The number of hydrogen-bond donors (Lipinski definition) is 1. The van der Waals surface area contributed by atoms with Crippen LogP contribution >= 0.6 is 0 Å². The number of ether oxygens (including phenoxy) is 1. The van der Waals surface area contributed by atoms with Gasteiger partial charge in [-0.25, -0.2) is 4.68 Å². The van der Waals surface area contributed by atoms with Gasteiger partial charge in [0.25, 0.3) is 0 Å². The zero-order valence-corrected chi connectivity index (χ0v) is 11.8. The molecule has 106 valence electrons. The third-order valence-electron chi connectivity index (χ3n) is 3.83. The minimum atomic E-state index is 0.0995. The van der Waals surface area contributed by atoms with Crippen molar-refractivity contribution in [3.8, 4) is 11.4 Å². The Balaban J connectivity index is 1.99. The van der Waals surface area contributed by atoms with Crippen molar-refractivity contribution < 1.29 is 4.74 Å². The van der Waals surface area contributed by atoms with Gasteiger partial charge < -0.3 is 10.5 Å². The Labute approximate surface area is 117 Å². The van der Waals surface area contributed by atoms with Crippen LogP contribution in [0.25, 0.3) is 11.4 Å². The van der Waals surface area contributed by atoms with Gasteiger partial charge in [0.2, 0.25) is 0 Å². The molecule has 0 amide bonds. The number of aromatic nitrogens is 4. The molecule has 3 rings (SSSR count). The molecule has 0 bridgehead atoms. The summed E-state index contributed by atoms with van der Waals surface area (Å²) in [4.78, 5) is 0.